The van der Waals surface area contributed by atoms with Gasteiger partial charge in [0.25, 0.3) is 11.8 Å². The number of pyridine rings is 1. The van der Waals surface area contributed by atoms with Crippen LogP contribution in [0.5, 0.6) is 5.75 Å². The summed E-state index contributed by atoms with van der Waals surface area (Å²) in [7, 11) is 0. The number of nitrogens with zero attached hydrogens (tertiary/aromatic N) is 2. The lowest BCUT2D eigenvalue weighted by Crippen LogP contribution is -2.54. The fraction of sp³-hybridized carbons (Fsp3) is 0.312. The van der Waals surface area contributed by atoms with E-state index in [1.54, 1.807) is 42.7 Å². The van der Waals surface area contributed by atoms with Gasteiger partial charge in [-0.3, -0.25) is 19.4 Å². The fourth-order valence-electron chi connectivity index (χ4n) is 5.36. The third-order valence-electron chi connectivity index (χ3n) is 7.73. The summed E-state index contributed by atoms with van der Waals surface area (Å²) in [5.74, 6) is 0.164. The molecule has 2 aromatic carbocycles. The molecule has 3 aromatic rings. The summed E-state index contributed by atoms with van der Waals surface area (Å²) in [6, 6.07) is 20.2. The molecule has 3 amide bonds. The van der Waals surface area contributed by atoms with Crippen molar-refractivity contribution in [3.8, 4) is 5.75 Å². The molecule has 1 atom stereocenters. The summed E-state index contributed by atoms with van der Waals surface area (Å²) < 4.78 is 5.92. The van der Waals surface area contributed by atoms with Gasteiger partial charge in [-0.05, 0) is 55.5 Å². The molecule has 8 heteroatoms. The Kier molecular flexibility index (Phi) is 8.54. The van der Waals surface area contributed by atoms with Crippen molar-refractivity contribution in [2.45, 2.75) is 31.7 Å². The predicted molar refractivity (Wildman–Crippen MR) is 152 cm³/mol. The van der Waals surface area contributed by atoms with Crippen LogP contribution in [0.25, 0.3) is 0 Å². The Morgan fingerprint density at radius 3 is 2.45 bits per heavy atom. The molecule has 1 saturated heterocycles. The van der Waals surface area contributed by atoms with Gasteiger partial charge in [0.15, 0.2) is 0 Å². The Morgan fingerprint density at radius 2 is 1.68 bits per heavy atom. The first-order valence-corrected chi connectivity index (χ1v) is 13.7. The maximum atomic E-state index is 14.0. The quantitative estimate of drug-likeness (QED) is 0.494. The molecule has 3 heterocycles. The average Bonchev–Trinajstić information content (AvgIpc) is 3.00. The fourth-order valence-corrected chi connectivity index (χ4v) is 5.36. The van der Waals surface area contributed by atoms with Crippen molar-refractivity contribution in [2.24, 2.45) is 5.41 Å². The summed E-state index contributed by atoms with van der Waals surface area (Å²) in [5, 5.41) is 6.28. The number of benzene rings is 2. The van der Waals surface area contributed by atoms with Crippen LogP contribution in [0.2, 0.25) is 0 Å². The predicted octanol–water partition coefficient (Wildman–Crippen LogP) is 3.80. The minimum atomic E-state index is -0.674. The molecule has 2 aliphatic heterocycles. The highest BCUT2D eigenvalue weighted by Crippen LogP contribution is 2.37. The van der Waals surface area contributed by atoms with Gasteiger partial charge in [0.2, 0.25) is 5.91 Å². The smallest absolute Gasteiger partial charge is 0.255 e. The number of piperidine rings is 1. The third kappa shape index (κ3) is 6.39. The van der Waals surface area contributed by atoms with Crippen molar-refractivity contribution < 1.29 is 19.1 Å². The zero-order chi connectivity index (χ0) is 27.8. The Labute approximate surface area is 234 Å². The molecule has 5 rings (SSSR count). The van der Waals surface area contributed by atoms with Crippen molar-refractivity contribution in [3.63, 3.8) is 0 Å². The summed E-state index contributed by atoms with van der Waals surface area (Å²) in [6.07, 6.45) is 9.28. The SMILES string of the molecule is O=C1NC[C@@H](Cc2ccccc2)NC(=O)C2(CC=CCOc3ccccc31)CCN(C(=O)c1ccncc1)CC2. The van der Waals surface area contributed by atoms with E-state index in [1.807, 2.05) is 53.5 Å². The number of rotatable bonds is 3. The number of nitrogens with one attached hydrogen (secondary N) is 2. The van der Waals surface area contributed by atoms with Crippen molar-refractivity contribution in [1.29, 1.82) is 0 Å². The van der Waals surface area contributed by atoms with Crippen molar-refractivity contribution in [2.75, 3.05) is 26.2 Å². The molecule has 0 radical (unpaired) electrons. The van der Waals surface area contributed by atoms with Crippen molar-refractivity contribution in [1.82, 2.24) is 20.5 Å². The lowest BCUT2D eigenvalue weighted by Gasteiger charge is -2.41. The van der Waals surface area contributed by atoms with Crippen LogP contribution in [0.1, 0.15) is 45.5 Å². The van der Waals surface area contributed by atoms with E-state index in [-0.39, 0.29) is 36.9 Å². The van der Waals surface area contributed by atoms with Gasteiger partial charge >= 0.3 is 0 Å². The number of para-hydroxylation sites is 1. The molecule has 8 nitrogen and oxygen atoms in total. The Hall–Kier alpha value is -4.46. The summed E-state index contributed by atoms with van der Waals surface area (Å²) in [4.78, 5) is 45.9. The highest BCUT2D eigenvalue weighted by molar-refractivity contribution is 5.97. The molecule has 40 heavy (non-hydrogen) atoms. The topological polar surface area (TPSA) is 101 Å². The lowest BCUT2D eigenvalue weighted by atomic mass is 9.74. The number of likely N-dealkylation sites (tertiary alicyclic amines) is 1. The second kappa shape index (κ2) is 12.6. The number of allylic oxidation sites excluding steroid dienone is 1. The van der Waals surface area contributed by atoms with Gasteiger partial charge in [0, 0.05) is 37.6 Å². The monoisotopic (exact) mass is 538 g/mol. The number of carbonyl (C=O) groups is 3. The molecule has 0 unspecified atom stereocenters. The van der Waals surface area contributed by atoms with E-state index in [0.717, 1.165) is 5.56 Å². The summed E-state index contributed by atoms with van der Waals surface area (Å²) >= 11 is 0. The Balaban J connectivity index is 1.38. The Bertz CT molecular complexity index is 1350. The van der Waals surface area contributed by atoms with Crippen LogP contribution >= 0.6 is 0 Å². The van der Waals surface area contributed by atoms with Crippen molar-refractivity contribution in [3.05, 3.63) is 108 Å². The zero-order valence-electron chi connectivity index (χ0n) is 22.4. The first kappa shape index (κ1) is 27.1. The standard InChI is InChI=1S/C32H34N4O4/c37-29-27-10-4-5-11-28(27)40-21-7-6-14-32(15-19-36(20-16-32)30(38)25-12-17-33-18-13-25)31(39)35-26(23-34-29)22-24-8-2-1-3-9-24/h1-13,17-18,26H,14-16,19-23H2,(H,34,37)(H,35,39)/t26-/m1/s1. The molecule has 0 bridgehead atoms. The molecular weight excluding hydrogens is 504 g/mol. The van der Waals surface area contributed by atoms with Gasteiger partial charge in [-0.25, -0.2) is 0 Å². The number of aromatic nitrogens is 1. The second-order valence-electron chi connectivity index (χ2n) is 10.4. The molecule has 1 fully saturated rings. The maximum Gasteiger partial charge on any atom is 0.255 e. The van der Waals surface area contributed by atoms with Crippen molar-refractivity contribution >= 4 is 17.7 Å². The zero-order valence-corrected chi connectivity index (χ0v) is 22.4. The number of carbonyl (C=O) groups excluding carboxylic acids is 3. The van der Waals surface area contributed by atoms with E-state index in [1.165, 1.54) is 0 Å². The molecular formula is C32H34N4O4. The van der Waals surface area contributed by atoms with Crippen LogP contribution in [-0.4, -0.2) is 59.9 Å². The van der Waals surface area contributed by atoms with Crippen LogP contribution in [0.3, 0.4) is 0 Å². The largest absolute Gasteiger partial charge is 0.489 e. The number of hydrogen-bond donors (Lipinski definition) is 2. The minimum absolute atomic E-state index is 0.0502. The van der Waals surface area contributed by atoms with E-state index in [0.29, 0.717) is 55.6 Å². The van der Waals surface area contributed by atoms with E-state index in [2.05, 4.69) is 15.6 Å². The minimum Gasteiger partial charge on any atom is -0.489 e. The molecule has 0 aliphatic carbocycles. The van der Waals surface area contributed by atoms with Crippen LogP contribution in [0, 0.1) is 5.41 Å². The van der Waals surface area contributed by atoms with Crippen LogP contribution in [0.15, 0.2) is 91.3 Å². The first-order chi connectivity index (χ1) is 19.5. The van der Waals surface area contributed by atoms with Crippen LogP contribution in [0.4, 0.5) is 0 Å². The molecule has 1 aromatic heterocycles. The maximum absolute atomic E-state index is 14.0. The van der Waals surface area contributed by atoms with Gasteiger partial charge in [-0.1, -0.05) is 54.6 Å². The number of amides is 3. The third-order valence-corrected chi connectivity index (χ3v) is 7.73. The van der Waals surface area contributed by atoms with Crippen LogP contribution in [-0.2, 0) is 11.2 Å². The lowest BCUT2D eigenvalue weighted by molar-refractivity contribution is -0.134. The van der Waals surface area contributed by atoms with E-state index < -0.39 is 5.41 Å². The second-order valence-corrected chi connectivity index (χ2v) is 10.4. The molecule has 206 valence electrons. The number of ether oxygens (including phenoxy) is 1. The van der Waals surface area contributed by atoms with E-state index in [4.69, 9.17) is 4.74 Å². The molecule has 0 saturated carbocycles. The van der Waals surface area contributed by atoms with E-state index >= 15 is 0 Å². The average molecular weight is 539 g/mol. The highest BCUT2D eigenvalue weighted by Gasteiger charge is 2.42. The highest BCUT2D eigenvalue weighted by atomic mass is 16.5. The summed E-state index contributed by atoms with van der Waals surface area (Å²) in [5.41, 5.74) is 1.45. The van der Waals surface area contributed by atoms with E-state index in [9.17, 15) is 14.4 Å². The van der Waals surface area contributed by atoms with Crippen LogP contribution < -0.4 is 15.4 Å². The summed E-state index contributed by atoms with van der Waals surface area (Å²) in [6.45, 7) is 1.51. The van der Waals surface area contributed by atoms with Gasteiger partial charge in [0.1, 0.15) is 12.4 Å². The first-order valence-electron chi connectivity index (χ1n) is 13.7. The normalized spacial score (nSPS) is 19.5. The molecule has 2 N–H and O–H groups in total. The van der Waals surface area contributed by atoms with Gasteiger partial charge in [-0.15, -0.1) is 0 Å². The van der Waals surface area contributed by atoms with Gasteiger partial charge in [-0.2, -0.15) is 0 Å². The van der Waals surface area contributed by atoms with Gasteiger partial charge in [0.05, 0.1) is 17.0 Å². The number of hydrogen-bond acceptors (Lipinski definition) is 5. The number of fused-ring (bicyclic) bond motifs is 1. The van der Waals surface area contributed by atoms with Gasteiger partial charge < -0.3 is 20.3 Å². The molecule has 2 aliphatic rings. The molecule has 1 spiro atoms. The Morgan fingerprint density at radius 1 is 0.950 bits per heavy atom.